The van der Waals surface area contributed by atoms with Gasteiger partial charge in [0.2, 0.25) is 5.89 Å². The molecule has 0 unspecified atom stereocenters. The summed E-state index contributed by atoms with van der Waals surface area (Å²) in [6, 6.07) is 8.00. The van der Waals surface area contributed by atoms with Crippen LogP contribution >= 0.6 is 0 Å². The highest BCUT2D eigenvalue weighted by atomic mass is 16.5. The van der Waals surface area contributed by atoms with Crippen LogP contribution in [0.4, 0.5) is 0 Å². The second-order valence-corrected chi connectivity index (χ2v) is 6.02. The number of amides is 1. The van der Waals surface area contributed by atoms with Gasteiger partial charge in [0.25, 0.3) is 5.91 Å². The first kappa shape index (κ1) is 16.9. The smallest absolute Gasteiger partial charge is 0.271 e. The van der Waals surface area contributed by atoms with Crippen LogP contribution in [0.5, 0.6) is 0 Å². The predicted molar refractivity (Wildman–Crippen MR) is 93.2 cm³/mol. The van der Waals surface area contributed by atoms with E-state index in [2.05, 4.69) is 25.4 Å². The molecule has 2 N–H and O–H groups in total. The van der Waals surface area contributed by atoms with Crippen molar-refractivity contribution in [3.05, 3.63) is 52.9 Å². The van der Waals surface area contributed by atoms with Crippen LogP contribution in [0, 0.1) is 20.8 Å². The summed E-state index contributed by atoms with van der Waals surface area (Å²) in [6.07, 6.45) is 1.36. The molecule has 0 bridgehead atoms. The van der Waals surface area contributed by atoms with Crippen molar-refractivity contribution in [3.8, 4) is 11.4 Å². The van der Waals surface area contributed by atoms with E-state index in [1.165, 1.54) is 0 Å². The molecule has 0 saturated heterocycles. The molecule has 2 heterocycles. The van der Waals surface area contributed by atoms with Gasteiger partial charge in [-0.05, 0) is 33.3 Å². The molecule has 0 atom stereocenters. The van der Waals surface area contributed by atoms with Crippen molar-refractivity contribution in [2.75, 3.05) is 6.54 Å². The molecule has 7 nitrogen and oxygen atoms in total. The molecule has 1 aromatic carbocycles. The minimum Gasteiger partial charge on any atom is -0.351 e. The van der Waals surface area contributed by atoms with Crippen LogP contribution in [0.15, 0.2) is 28.8 Å². The molecular formula is C18H21N5O2. The molecule has 0 spiro atoms. The zero-order valence-electron chi connectivity index (χ0n) is 14.6. The van der Waals surface area contributed by atoms with Gasteiger partial charge >= 0.3 is 0 Å². The van der Waals surface area contributed by atoms with Gasteiger partial charge in [-0.3, -0.25) is 4.79 Å². The number of nitrogens with zero attached hydrogens (tertiary/aromatic N) is 3. The first-order valence-corrected chi connectivity index (χ1v) is 8.24. The van der Waals surface area contributed by atoms with Crippen LogP contribution in [-0.2, 0) is 6.42 Å². The van der Waals surface area contributed by atoms with Gasteiger partial charge in [0.15, 0.2) is 5.82 Å². The lowest BCUT2D eigenvalue weighted by molar-refractivity contribution is 0.0948. The maximum atomic E-state index is 12.3. The van der Waals surface area contributed by atoms with E-state index in [0.29, 0.717) is 36.2 Å². The van der Waals surface area contributed by atoms with Crippen LogP contribution in [0.1, 0.15) is 39.9 Å². The Morgan fingerprint density at radius 1 is 1.24 bits per heavy atom. The topological polar surface area (TPSA) is 96.7 Å². The first-order chi connectivity index (χ1) is 12.0. The molecule has 0 aliphatic rings. The monoisotopic (exact) mass is 339 g/mol. The molecule has 1 amide bonds. The summed E-state index contributed by atoms with van der Waals surface area (Å²) in [5.74, 6) is 1.72. The normalized spacial score (nSPS) is 10.8. The number of aryl methyl sites for hydroxylation is 4. The zero-order chi connectivity index (χ0) is 17.8. The fourth-order valence-electron chi connectivity index (χ4n) is 2.58. The third-order valence-electron chi connectivity index (χ3n) is 3.81. The molecule has 25 heavy (non-hydrogen) atoms. The summed E-state index contributed by atoms with van der Waals surface area (Å²) in [5.41, 5.74) is 3.29. The van der Waals surface area contributed by atoms with Gasteiger partial charge in [-0.15, -0.1) is 0 Å². The summed E-state index contributed by atoms with van der Waals surface area (Å²) in [5, 5.41) is 6.62. The second kappa shape index (κ2) is 7.29. The molecule has 0 aliphatic heterocycles. The van der Waals surface area contributed by atoms with Crippen molar-refractivity contribution in [3.63, 3.8) is 0 Å². The molecule has 130 valence electrons. The van der Waals surface area contributed by atoms with Gasteiger partial charge < -0.3 is 14.8 Å². The van der Waals surface area contributed by atoms with E-state index in [9.17, 15) is 4.79 Å². The van der Waals surface area contributed by atoms with Gasteiger partial charge in [0, 0.05) is 24.2 Å². The highest BCUT2D eigenvalue weighted by molar-refractivity contribution is 5.94. The summed E-state index contributed by atoms with van der Waals surface area (Å²) < 4.78 is 5.05. The number of hydrogen-bond donors (Lipinski definition) is 2. The van der Waals surface area contributed by atoms with Crippen molar-refractivity contribution in [2.24, 2.45) is 0 Å². The first-order valence-electron chi connectivity index (χ1n) is 8.24. The molecule has 0 radical (unpaired) electrons. The third-order valence-corrected chi connectivity index (χ3v) is 3.81. The lowest BCUT2D eigenvalue weighted by atomic mass is 10.1. The van der Waals surface area contributed by atoms with Crippen molar-refractivity contribution in [1.82, 2.24) is 25.4 Å². The van der Waals surface area contributed by atoms with Gasteiger partial charge in [-0.1, -0.05) is 28.9 Å². The molecule has 0 saturated carbocycles. The standard InChI is InChI=1S/C18H21N5O2/c1-11-6-4-7-14(10-11)17-20-12(2)16(22-17)18(24)19-9-5-8-15-21-13(3)23-25-15/h4,6-7,10H,5,8-9H2,1-3H3,(H,19,24)(H,20,22). The van der Waals surface area contributed by atoms with Gasteiger partial charge in [-0.25, -0.2) is 4.98 Å². The maximum Gasteiger partial charge on any atom is 0.271 e. The van der Waals surface area contributed by atoms with E-state index in [4.69, 9.17) is 4.52 Å². The number of aromatic amines is 1. The minimum absolute atomic E-state index is 0.186. The van der Waals surface area contributed by atoms with Crippen molar-refractivity contribution >= 4 is 5.91 Å². The van der Waals surface area contributed by atoms with E-state index in [-0.39, 0.29) is 5.91 Å². The maximum absolute atomic E-state index is 12.3. The zero-order valence-corrected chi connectivity index (χ0v) is 14.6. The molecule has 0 fully saturated rings. The number of nitrogens with one attached hydrogen (secondary N) is 2. The Labute approximate surface area is 145 Å². The Kier molecular flexibility index (Phi) is 4.92. The number of aromatic nitrogens is 4. The Balaban J connectivity index is 1.58. The van der Waals surface area contributed by atoms with Crippen LogP contribution in [0.2, 0.25) is 0 Å². The number of benzene rings is 1. The number of rotatable bonds is 6. The lowest BCUT2D eigenvalue weighted by Crippen LogP contribution is -2.25. The number of carbonyl (C=O) groups excluding carboxylic acids is 1. The quantitative estimate of drug-likeness (QED) is 0.673. The molecular weight excluding hydrogens is 318 g/mol. The van der Waals surface area contributed by atoms with Crippen molar-refractivity contribution < 1.29 is 9.32 Å². The molecule has 3 aromatic rings. The number of imidazole rings is 1. The van der Waals surface area contributed by atoms with Crippen LogP contribution < -0.4 is 5.32 Å². The second-order valence-electron chi connectivity index (χ2n) is 6.02. The molecule has 3 rings (SSSR count). The fourth-order valence-corrected chi connectivity index (χ4v) is 2.58. The average Bonchev–Trinajstić information content (AvgIpc) is 3.17. The van der Waals surface area contributed by atoms with Crippen molar-refractivity contribution in [1.29, 1.82) is 0 Å². The van der Waals surface area contributed by atoms with E-state index in [1.807, 2.05) is 38.1 Å². The molecule has 0 aliphatic carbocycles. The van der Waals surface area contributed by atoms with Gasteiger partial charge in [0.1, 0.15) is 11.5 Å². The molecule has 7 heteroatoms. The average molecular weight is 339 g/mol. The summed E-state index contributed by atoms with van der Waals surface area (Å²) in [6.45, 7) is 6.17. The minimum atomic E-state index is -0.186. The third kappa shape index (κ3) is 4.12. The van der Waals surface area contributed by atoms with Gasteiger partial charge in [0.05, 0.1) is 0 Å². The highest BCUT2D eigenvalue weighted by Crippen LogP contribution is 2.19. The summed E-state index contributed by atoms with van der Waals surface area (Å²) >= 11 is 0. The van der Waals surface area contributed by atoms with E-state index >= 15 is 0 Å². The van der Waals surface area contributed by atoms with Crippen LogP contribution in [0.25, 0.3) is 11.4 Å². The highest BCUT2D eigenvalue weighted by Gasteiger charge is 2.15. The Morgan fingerprint density at radius 3 is 2.80 bits per heavy atom. The number of carbonyl (C=O) groups is 1. The number of hydrogen-bond acceptors (Lipinski definition) is 5. The van der Waals surface area contributed by atoms with E-state index in [1.54, 1.807) is 6.92 Å². The van der Waals surface area contributed by atoms with E-state index in [0.717, 1.165) is 23.2 Å². The SMILES string of the molecule is Cc1cccc(-c2nc(C(=O)NCCCc3nc(C)no3)c(C)[nH]2)c1. The Hall–Kier alpha value is -2.96. The fraction of sp³-hybridized carbons (Fsp3) is 0.333. The predicted octanol–water partition coefficient (Wildman–Crippen LogP) is 2.75. The largest absolute Gasteiger partial charge is 0.351 e. The van der Waals surface area contributed by atoms with Crippen molar-refractivity contribution in [2.45, 2.75) is 33.6 Å². The van der Waals surface area contributed by atoms with Crippen LogP contribution in [-0.4, -0.2) is 32.6 Å². The summed E-state index contributed by atoms with van der Waals surface area (Å²) in [4.78, 5) is 24.1. The number of H-pyrrole nitrogens is 1. The van der Waals surface area contributed by atoms with Gasteiger partial charge in [-0.2, -0.15) is 4.98 Å². The molecule has 2 aromatic heterocycles. The lowest BCUT2D eigenvalue weighted by Gasteiger charge is -2.02. The summed E-state index contributed by atoms with van der Waals surface area (Å²) in [7, 11) is 0. The Bertz CT molecular complexity index is 881. The van der Waals surface area contributed by atoms with Crippen LogP contribution in [0.3, 0.4) is 0 Å². The van der Waals surface area contributed by atoms with E-state index < -0.39 is 0 Å². The Morgan fingerprint density at radius 2 is 2.08 bits per heavy atom.